The molecule has 0 radical (unpaired) electrons. The fourth-order valence-corrected chi connectivity index (χ4v) is 1.92. The van der Waals surface area contributed by atoms with Gasteiger partial charge in [-0.15, -0.1) is 0 Å². The highest BCUT2D eigenvalue weighted by Crippen LogP contribution is 2.22. The molecule has 0 saturated carbocycles. The van der Waals surface area contributed by atoms with Crippen LogP contribution in [0.2, 0.25) is 0 Å². The maximum Gasteiger partial charge on any atom is 0.142 e. The minimum Gasteiger partial charge on any atom is -0.299 e. The van der Waals surface area contributed by atoms with Crippen molar-refractivity contribution in [3.05, 3.63) is 36.0 Å². The van der Waals surface area contributed by atoms with Gasteiger partial charge in [0, 0.05) is 5.39 Å². The number of hydrogen-bond acceptors (Lipinski definition) is 3. The molecule has 64 valence electrons. The van der Waals surface area contributed by atoms with Gasteiger partial charge in [0.25, 0.3) is 0 Å². The second kappa shape index (κ2) is 3.49. The van der Waals surface area contributed by atoms with Gasteiger partial charge in [-0.25, -0.2) is 0 Å². The lowest BCUT2D eigenvalue weighted by atomic mass is 10.2. The fraction of sp³-hybridized carbons (Fsp3) is 0. The van der Waals surface area contributed by atoms with Crippen LogP contribution in [0.5, 0.6) is 0 Å². The van der Waals surface area contributed by atoms with E-state index in [1.54, 1.807) is 6.08 Å². The van der Waals surface area contributed by atoms with Crippen molar-refractivity contribution in [1.82, 2.24) is 4.37 Å². The van der Waals surface area contributed by atoms with Gasteiger partial charge in [-0.05, 0) is 29.8 Å². The summed E-state index contributed by atoms with van der Waals surface area (Å²) >= 11 is 1.45. The maximum absolute atomic E-state index is 10.1. The lowest BCUT2D eigenvalue weighted by Gasteiger charge is -1.86. The van der Waals surface area contributed by atoms with E-state index in [1.807, 2.05) is 24.3 Å². The number of carbonyl (C=O) groups excluding carboxylic acids is 1. The average molecular weight is 189 g/mol. The van der Waals surface area contributed by atoms with Gasteiger partial charge in [0.1, 0.15) is 6.29 Å². The summed E-state index contributed by atoms with van der Waals surface area (Å²) in [7, 11) is 0. The van der Waals surface area contributed by atoms with Crippen molar-refractivity contribution in [1.29, 1.82) is 0 Å². The monoisotopic (exact) mass is 189 g/mol. The molecule has 2 rings (SSSR count). The number of carbonyl (C=O) groups is 1. The summed E-state index contributed by atoms with van der Waals surface area (Å²) in [4.78, 5) is 10.1. The minimum atomic E-state index is 0.758. The Kier molecular flexibility index (Phi) is 2.19. The van der Waals surface area contributed by atoms with Gasteiger partial charge in [0.2, 0.25) is 0 Å². The van der Waals surface area contributed by atoms with Gasteiger partial charge in [0.15, 0.2) is 0 Å². The quantitative estimate of drug-likeness (QED) is 0.536. The number of hydrogen-bond donors (Lipinski definition) is 0. The van der Waals surface area contributed by atoms with Gasteiger partial charge < -0.3 is 0 Å². The van der Waals surface area contributed by atoms with Crippen LogP contribution in [0.4, 0.5) is 0 Å². The second-order valence-corrected chi connectivity index (χ2v) is 3.36. The molecular weight excluding hydrogens is 182 g/mol. The molecule has 1 aromatic heterocycles. The SMILES string of the molecule is O=C/C=C/c1nsc2ccccc12. The molecule has 0 aliphatic carbocycles. The third-order valence-corrected chi connectivity index (χ3v) is 2.58. The number of benzene rings is 1. The zero-order chi connectivity index (χ0) is 9.10. The fourth-order valence-electron chi connectivity index (χ4n) is 1.16. The van der Waals surface area contributed by atoms with E-state index in [-0.39, 0.29) is 0 Å². The molecular formula is C10H7NOS. The largest absolute Gasteiger partial charge is 0.299 e. The summed E-state index contributed by atoms with van der Waals surface area (Å²) in [5.41, 5.74) is 0.868. The van der Waals surface area contributed by atoms with E-state index < -0.39 is 0 Å². The Morgan fingerprint density at radius 1 is 1.31 bits per heavy atom. The van der Waals surface area contributed by atoms with Crippen LogP contribution in [-0.2, 0) is 4.79 Å². The van der Waals surface area contributed by atoms with Crippen LogP contribution in [0.15, 0.2) is 30.3 Å². The predicted molar refractivity (Wildman–Crippen MR) is 54.7 cm³/mol. The van der Waals surface area contributed by atoms with Crippen molar-refractivity contribution < 1.29 is 4.79 Å². The van der Waals surface area contributed by atoms with Crippen LogP contribution in [0, 0.1) is 0 Å². The first-order chi connectivity index (χ1) is 6.42. The summed E-state index contributed by atoms with van der Waals surface area (Å²) in [5.74, 6) is 0. The molecule has 0 atom stereocenters. The topological polar surface area (TPSA) is 30.0 Å². The van der Waals surface area contributed by atoms with Crippen LogP contribution in [-0.4, -0.2) is 10.7 Å². The van der Waals surface area contributed by atoms with Crippen LogP contribution < -0.4 is 0 Å². The number of rotatable bonds is 2. The van der Waals surface area contributed by atoms with Gasteiger partial charge in [-0.1, -0.05) is 18.2 Å². The van der Waals surface area contributed by atoms with Crippen molar-refractivity contribution in [3.63, 3.8) is 0 Å². The Morgan fingerprint density at radius 3 is 3.00 bits per heavy atom. The Balaban J connectivity index is 2.57. The smallest absolute Gasteiger partial charge is 0.142 e. The first kappa shape index (κ1) is 8.13. The number of allylic oxidation sites excluding steroid dienone is 1. The van der Waals surface area contributed by atoms with Crippen LogP contribution in [0.1, 0.15) is 5.69 Å². The summed E-state index contributed by atoms with van der Waals surface area (Å²) < 4.78 is 5.38. The normalized spacial score (nSPS) is 11.1. The molecule has 13 heavy (non-hydrogen) atoms. The molecule has 1 aromatic carbocycles. The summed E-state index contributed by atoms with van der Waals surface area (Å²) in [5, 5.41) is 1.10. The molecule has 2 aromatic rings. The third-order valence-electron chi connectivity index (χ3n) is 1.74. The van der Waals surface area contributed by atoms with E-state index in [4.69, 9.17) is 0 Å². The highest BCUT2D eigenvalue weighted by Gasteiger charge is 2.00. The molecule has 1 heterocycles. The molecule has 2 nitrogen and oxygen atoms in total. The first-order valence-corrected chi connectivity index (χ1v) is 4.65. The molecule has 0 bridgehead atoms. The highest BCUT2D eigenvalue weighted by molar-refractivity contribution is 7.13. The molecule has 0 fully saturated rings. The van der Waals surface area contributed by atoms with Gasteiger partial charge >= 0.3 is 0 Å². The lowest BCUT2D eigenvalue weighted by molar-refractivity contribution is -0.104. The van der Waals surface area contributed by atoms with Crippen LogP contribution in [0.3, 0.4) is 0 Å². The minimum absolute atomic E-state index is 0.758. The average Bonchev–Trinajstić information content (AvgIpc) is 2.58. The van der Waals surface area contributed by atoms with Crippen molar-refractivity contribution in [3.8, 4) is 0 Å². The zero-order valence-electron chi connectivity index (χ0n) is 6.81. The van der Waals surface area contributed by atoms with E-state index in [0.29, 0.717) is 0 Å². The molecule has 0 spiro atoms. The lowest BCUT2D eigenvalue weighted by Crippen LogP contribution is -1.70. The van der Waals surface area contributed by atoms with E-state index >= 15 is 0 Å². The van der Waals surface area contributed by atoms with Gasteiger partial charge in [-0.3, -0.25) is 4.79 Å². The summed E-state index contributed by atoms with van der Waals surface area (Å²) in [6.45, 7) is 0. The second-order valence-electron chi connectivity index (χ2n) is 2.56. The van der Waals surface area contributed by atoms with Crippen molar-refractivity contribution in [2.75, 3.05) is 0 Å². The Bertz CT molecular complexity index is 459. The third kappa shape index (κ3) is 1.51. The molecule has 0 amide bonds. The maximum atomic E-state index is 10.1. The number of fused-ring (bicyclic) bond motifs is 1. The van der Waals surface area contributed by atoms with Crippen LogP contribution in [0.25, 0.3) is 16.2 Å². The molecule has 0 aliphatic rings. The van der Waals surface area contributed by atoms with Crippen molar-refractivity contribution in [2.45, 2.75) is 0 Å². The number of nitrogens with zero attached hydrogens (tertiary/aromatic N) is 1. The van der Waals surface area contributed by atoms with E-state index in [1.165, 1.54) is 17.6 Å². The number of aldehydes is 1. The summed E-state index contributed by atoms with van der Waals surface area (Å²) in [6, 6.07) is 7.97. The first-order valence-electron chi connectivity index (χ1n) is 3.88. The molecule has 0 saturated heterocycles. The van der Waals surface area contributed by atoms with Gasteiger partial charge in [0.05, 0.1) is 10.4 Å². The van der Waals surface area contributed by atoms with Gasteiger partial charge in [-0.2, -0.15) is 4.37 Å². The molecule has 3 heteroatoms. The zero-order valence-corrected chi connectivity index (χ0v) is 7.62. The van der Waals surface area contributed by atoms with Crippen molar-refractivity contribution >= 4 is 34.0 Å². The Hall–Kier alpha value is -1.48. The van der Waals surface area contributed by atoms with E-state index in [0.717, 1.165) is 22.1 Å². The standard InChI is InChI=1S/C10H7NOS/c12-7-3-5-9-8-4-1-2-6-10(8)13-11-9/h1-7H/b5-3+. The predicted octanol–water partition coefficient (Wildman–Crippen LogP) is 2.51. The molecule has 0 N–H and O–H groups in total. The Labute approximate surface area is 79.7 Å². The van der Waals surface area contributed by atoms with Crippen molar-refractivity contribution in [2.24, 2.45) is 0 Å². The molecule has 0 aliphatic heterocycles. The van der Waals surface area contributed by atoms with E-state index in [9.17, 15) is 4.79 Å². The van der Waals surface area contributed by atoms with E-state index in [2.05, 4.69) is 4.37 Å². The Morgan fingerprint density at radius 2 is 2.15 bits per heavy atom. The van der Waals surface area contributed by atoms with Crippen LogP contribution >= 0.6 is 11.5 Å². The number of aromatic nitrogens is 1. The molecule has 0 unspecified atom stereocenters. The highest BCUT2D eigenvalue weighted by atomic mass is 32.1. The summed E-state index contributed by atoms with van der Waals surface area (Å²) in [6.07, 6.45) is 3.95.